The van der Waals surface area contributed by atoms with Crippen LogP contribution in [0, 0.1) is 0 Å². The molecule has 58 heavy (non-hydrogen) atoms. The van der Waals surface area contributed by atoms with Crippen LogP contribution in [0.5, 0.6) is 0 Å². The van der Waals surface area contributed by atoms with Crippen LogP contribution in [0.3, 0.4) is 0 Å². The molecular weight excluding hydrogens is 719 g/mol. The summed E-state index contributed by atoms with van der Waals surface area (Å²) in [6.07, 6.45) is 0. The van der Waals surface area contributed by atoms with Crippen molar-refractivity contribution in [2.24, 2.45) is 0 Å². The van der Waals surface area contributed by atoms with Crippen LogP contribution >= 0.6 is 11.3 Å². The third-order valence-corrected chi connectivity index (χ3v) is 12.6. The van der Waals surface area contributed by atoms with Gasteiger partial charge in [-0.2, -0.15) is 0 Å². The van der Waals surface area contributed by atoms with Gasteiger partial charge in [0.15, 0.2) is 0 Å². The summed E-state index contributed by atoms with van der Waals surface area (Å²) in [6.45, 7) is 0. The maximum Gasteiger partial charge on any atom is 0.0540 e. The van der Waals surface area contributed by atoms with E-state index in [1.807, 2.05) is 11.3 Å². The van der Waals surface area contributed by atoms with Gasteiger partial charge in [0, 0.05) is 37.1 Å². The zero-order valence-electron chi connectivity index (χ0n) is 31.7. The molecule has 1 heterocycles. The minimum absolute atomic E-state index is 1.10. The largest absolute Gasteiger partial charge is 0.310 e. The molecule has 0 atom stereocenters. The molecule has 0 aliphatic rings. The van der Waals surface area contributed by atoms with Crippen molar-refractivity contribution < 1.29 is 0 Å². The summed E-state index contributed by atoms with van der Waals surface area (Å²) in [6, 6.07) is 82.0. The fourth-order valence-electron chi connectivity index (χ4n) is 8.55. The highest BCUT2D eigenvalue weighted by Gasteiger charge is 2.19. The molecule has 1 aromatic heterocycles. The normalized spacial score (nSPS) is 11.4. The van der Waals surface area contributed by atoms with Gasteiger partial charge in [0.05, 0.1) is 5.69 Å². The van der Waals surface area contributed by atoms with Gasteiger partial charge in [-0.1, -0.05) is 170 Å². The summed E-state index contributed by atoms with van der Waals surface area (Å²) < 4.78 is 2.62. The van der Waals surface area contributed by atoms with E-state index < -0.39 is 0 Å². The van der Waals surface area contributed by atoms with Gasteiger partial charge in [-0.05, 0) is 115 Å². The first kappa shape index (κ1) is 34.0. The number of hydrogen-bond donors (Lipinski definition) is 0. The number of nitrogens with zero attached hydrogens (tertiary/aromatic N) is 1. The van der Waals surface area contributed by atoms with Crippen molar-refractivity contribution in [1.82, 2.24) is 0 Å². The number of para-hydroxylation sites is 1. The van der Waals surface area contributed by atoms with Crippen molar-refractivity contribution in [3.05, 3.63) is 224 Å². The fourth-order valence-corrected chi connectivity index (χ4v) is 9.70. The Morgan fingerprint density at radius 2 is 0.828 bits per heavy atom. The van der Waals surface area contributed by atoms with Crippen molar-refractivity contribution in [2.75, 3.05) is 4.90 Å². The predicted octanol–water partition coefficient (Wildman–Crippen LogP) is 16.5. The molecule has 0 N–H and O–H groups in total. The molecule has 0 unspecified atom stereocenters. The number of fused-ring (bicyclic) bond motifs is 5. The molecule has 11 aromatic rings. The van der Waals surface area contributed by atoms with E-state index in [9.17, 15) is 0 Å². The summed E-state index contributed by atoms with van der Waals surface area (Å²) in [5.41, 5.74) is 13.0. The SMILES string of the molecule is c1cc(-c2ccc(N(c3ccc(-c4cccc5ccccc45)cc3)c3ccccc3-c3ccc4c(c3)sc3ccccc34)cc2)cc(-c2ccc3ccccc3c2)c1. The first-order valence-corrected chi connectivity index (χ1v) is 20.6. The minimum atomic E-state index is 1.10. The van der Waals surface area contributed by atoms with E-state index in [-0.39, 0.29) is 0 Å². The summed E-state index contributed by atoms with van der Waals surface area (Å²) in [7, 11) is 0. The van der Waals surface area contributed by atoms with Crippen molar-refractivity contribution in [3.8, 4) is 44.5 Å². The lowest BCUT2D eigenvalue weighted by atomic mass is 9.96. The molecule has 0 saturated heterocycles. The van der Waals surface area contributed by atoms with Gasteiger partial charge in [-0.25, -0.2) is 0 Å². The number of thiophene rings is 1. The third kappa shape index (κ3) is 6.12. The van der Waals surface area contributed by atoms with Crippen LogP contribution in [0.25, 0.3) is 86.2 Å². The van der Waals surface area contributed by atoms with Crippen LogP contribution in [0.1, 0.15) is 0 Å². The van der Waals surface area contributed by atoms with Crippen molar-refractivity contribution in [3.63, 3.8) is 0 Å². The molecule has 2 heteroatoms. The van der Waals surface area contributed by atoms with Crippen molar-refractivity contribution in [1.29, 1.82) is 0 Å². The lowest BCUT2D eigenvalue weighted by Crippen LogP contribution is -2.11. The molecule has 272 valence electrons. The Balaban J connectivity index is 1.01. The summed E-state index contributed by atoms with van der Waals surface area (Å²) >= 11 is 1.86. The topological polar surface area (TPSA) is 3.24 Å². The van der Waals surface area contributed by atoms with Gasteiger partial charge in [0.1, 0.15) is 0 Å². The predicted molar refractivity (Wildman–Crippen MR) is 251 cm³/mol. The Morgan fingerprint density at radius 1 is 0.276 bits per heavy atom. The Morgan fingerprint density at radius 3 is 1.66 bits per heavy atom. The van der Waals surface area contributed by atoms with Gasteiger partial charge in [-0.3, -0.25) is 0 Å². The Labute approximate surface area is 342 Å². The van der Waals surface area contributed by atoms with Gasteiger partial charge in [0.2, 0.25) is 0 Å². The van der Waals surface area contributed by atoms with E-state index in [0.29, 0.717) is 0 Å². The molecule has 0 saturated carbocycles. The minimum Gasteiger partial charge on any atom is -0.310 e. The van der Waals surface area contributed by atoms with Crippen LogP contribution in [0.4, 0.5) is 17.1 Å². The van der Waals surface area contributed by atoms with Gasteiger partial charge >= 0.3 is 0 Å². The van der Waals surface area contributed by atoms with E-state index in [4.69, 9.17) is 0 Å². The second-order valence-electron chi connectivity index (χ2n) is 14.9. The smallest absolute Gasteiger partial charge is 0.0540 e. The standard InChI is InChI=1S/C56H37NS/c1-2-13-42-36-45(24-23-38(42)11-1)44-16-9-15-43(35-44)39-25-30-47(31-26-39)57(48-32-27-41(28-33-48)50-20-10-14-40-12-3-4-17-49(40)50)54-21-7-5-18-51(54)46-29-34-53-52-19-6-8-22-55(52)58-56(53)37-46/h1-37H. The second kappa shape index (κ2) is 14.4. The summed E-state index contributed by atoms with van der Waals surface area (Å²) in [4.78, 5) is 2.41. The maximum atomic E-state index is 2.41. The number of benzene rings is 10. The second-order valence-corrected chi connectivity index (χ2v) is 16.0. The van der Waals surface area contributed by atoms with Crippen LogP contribution in [0.15, 0.2) is 224 Å². The van der Waals surface area contributed by atoms with Crippen LogP contribution < -0.4 is 4.90 Å². The van der Waals surface area contributed by atoms with E-state index in [0.717, 1.165) is 17.1 Å². The van der Waals surface area contributed by atoms with Crippen molar-refractivity contribution in [2.45, 2.75) is 0 Å². The van der Waals surface area contributed by atoms with Gasteiger partial charge in [-0.15, -0.1) is 11.3 Å². The Hall–Kier alpha value is -7.26. The number of hydrogen-bond acceptors (Lipinski definition) is 2. The molecule has 0 amide bonds. The molecule has 0 fully saturated rings. The number of anilines is 3. The van der Waals surface area contributed by atoms with E-state index in [2.05, 4.69) is 229 Å². The molecule has 1 nitrogen and oxygen atoms in total. The molecule has 10 aromatic carbocycles. The number of rotatable bonds is 7. The molecule has 11 rings (SSSR count). The molecule has 0 aliphatic carbocycles. The van der Waals surface area contributed by atoms with Crippen LogP contribution in [0.2, 0.25) is 0 Å². The quantitative estimate of drug-likeness (QED) is 0.157. The molecular formula is C56H37NS. The molecule has 0 aliphatic heterocycles. The van der Waals surface area contributed by atoms with E-state index in [1.54, 1.807) is 0 Å². The highest BCUT2D eigenvalue weighted by atomic mass is 32.1. The fraction of sp³-hybridized carbons (Fsp3) is 0. The van der Waals surface area contributed by atoms with Crippen LogP contribution in [-0.2, 0) is 0 Å². The lowest BCUT2D eigenvalue weighted by Gasteiger charge is -2.28. The zero-order chi connectivity index (χ0) is 38.4. The summed E-state index contributed by atoms with van der Waals surface area (Å²) in [5, 5.41) is 7.65. The van der Waals surface area contributed by atoms with Gasteiger partial charge < -0.3 is 4.90 Å². The highest BCUT2D eigenvalue weighted by Crippen LogP contribution is 2.44. The lowest BCUT2D eigenvalue weighted by molar-refractivity contribution is 1.28. The average Bonchev–Trinajstić information content (AvgIpc) is 3.67. The Bertz CT molecular complexity index is 3280. The average molecular weight is 756 g/mol. The first-order valence-electron chi connectivity index (χ1n) is 19.8. The highest BCUT2D eigenvalue weighted by molar-refractivity contribution is 7.25. The molecule has 0 radical (unpaired) electrons. The third-order valence-electron chi connectivity index (χ3n) is 11.5. The molecule has 0 spiro atoms. The van der Waals surface area contributed by atoms with Gasteiger partial charge in [0.25, 0.3) is 0 Å². The maximum absolute atomic E-state index is 2.41. The van der Waals surface area contributed by atoms with E-state index >= 15 is 0 Å². The first-order chi connectivity index (χ1) is 28.7. The zero-order valence-corrected chi connectivity index (χ0v) is 32.5. The van der Waals surface area contributed by atoms with Crippen LogP contribution in [-0.4, -0.2) is 0 Å². The van der Waals surface area contributed by atoms with Crippen molar-refractivity contribution >= 4 is 70.1 Å². The van der Waals surface area contributed by atoms with E-state index in [1.165, 1.54) is 86.2 Å². The monoisotopic (exact) mass is 755 g/mol. The molecule has 0 bridgehead atoms. The summed E-state index contributed by atoms with van der Waals surface area (Å²) in [5.74, 6) is 0. The Kier molecular flexibility index (Phi) is 8.42.